The van der Waals surface area contributed by atoms with Gasteiger partial charge >= 0.3 is 11.9 Å². The number of aryl methyl sites for hydroxylation is 2. The first-order chi connectivity index (χ1) is 14.7. The normalized spacial score (nSPS) is 15.0. The van der Waals surface area contributed by atoms with Crippen LogP contribution in [0.5, 0.6) is 0 Å². The van der Waals surface area contributed by atoms with Gasteiger partial charge in [-0.15, -0.1) is 0 Å². The van der Waals surface area contributed by atoms with Crippen LogP contribution in [0.15, 0.2) is 12.1 Å². The molecule has 1 aliphatic rings. The molecule has 0 saturated carbocycles. The molecule has 0 radical (unpaired) electrons. The molecule has 1 fully saturated rings. The quantitative estimate of drug-likeness (QED) is 0.667. The molecule has 2 aromatic rings. The number of piperazine rings is 1. The zero-order valence-electron chi connectivity index (χ0n) is 18.6. The van der Waals surface area contributed by atoms with Gasteiger partial charge in [-0.25, -0.2) is 14.8 Å². The molecule has 1 aromatic carbocycles. The molecule has 0 bridgehead atoms. The van der Waals surface area contributed by atoms with Crippen LogP contribution in [0.4, 0.5) is 5.82 Å². The van der Waals surface area contributed by atoms with E-state index < -0.39 is 18.0 Å². The Balaban J connectivity index is 1.87. The smallest absolute Gasteiger partial charge is 0.360 e. The lowest BCUT2D eigenvalue weighted by Crippen LogP contribution is -2.52. The molecule has 3 rings (SSSR count). The van der Waals surface area contributed by atoms with Gasteiger partial charge in [0.25, 0.3) is 5.91 Å². The highest BCUT2D eigenvalue weighted by atomic mass is 16.5. The van der Waals surface area contributed by atoms with E-state index in [1.165, 1.54) is 6.92 Å². The number of aromatic nitrogens is 2. The number of nitrogens with zero attached hydrogens (tertiary/aromatic N) is 4. The van der Waals surface area contributed by atoms with E-state index in [1.807, 2.05) is 30.9 Å². The molecule has 1 aromatic heterocycles. The zero-order valence-corrected chi connectivity index (χ0v) is 18.6. The number of fused-ring (bicyclic) bond motifs is 1. The first-order valence-electron chi connectivity index (χ1n) is 10.4. The van der Waals surface area contributed by atoms with E-state index in [0.717, 1.165) is 11.1 Å². The lowest BCUT2D eigenvalue weighted by molar-refractivity contribution is -0.157. The number of hydrogen-bond acceptors (Lipinski definition) is 8. The van der Waals surface area contributed by atoms with Crippen molar-refractivity contribution in [3.63, 3.8) is 0 Å². The van der Waals surface area contributed by atoms with E-state index in [1.54, 1.807) is 18.7 Å². The van der Waals surface area contributed by atoms with Crippen LogP contribution >= 0.6 is 0 Å². The summed E-state index contributed by atoms with van der Waals surface area (Å²) in [5.74, 6) is -0.798. The second kappa shape index (κ2) is 9.28. The SMILES string of the molecule is CCOC(=O)c1nc2cc(C)c(C)cc2nc1N1CCN(C(=O)[C@H](C)OC(C)=O)CC1. The van der Waals surface area contributed by atoms with Crippen molar-refractivity contribution in [3.05, 3.63) is 29.0 Å². The molecule has 1 atom stereocenters. The predicted molar refractivity (Wildman–Crippen MR) is 115 cm³/mol. The van der Waals surface area contributed by atoms with Crippen molar-refractivity contribution in [1.82, 2.24) is 14.9 Å². The Morgan fingerprint density at radius 3 is 2.16 bits per heavy atom. The van der Waals surface area contributed by atoms with Gasteiger partial charge in [-0.2, -0.15) is 0 Å². The molecular formula is C22H28N4O5. The van der Waals surface area contributed by atoms with Crippen molar-refractivity contribution in [1.29, 1.82) is 0 Å². The Morgan fingerprint density at radius 1 is 1.03 bits per heavy atom. The van der Waals surface area contributed by atoms with Gasteiger partial charge in [-0.05, 0) is 51.0 Å². The van der Waals surface area contributed by atoms with Crippen LogP contribution in [0.25, 0.3) is 11.0 Å². The second-order valence-corrected chi connectivity index (χ2v) is 7.61. The maximum atomic E-state index is 12.6. The largest absolute Gasteiger partial charge is 0.461 e. The molecule has 9 nitrogen and oxygen atoms in total. The number of amides is 1. The van der Waals surface area contributed by atoms with Crippen molar-refractivity contribution >= 4 is 34.7 Å². The van der Waals surface area contributed by atoms with Gasteiger partial charge in [-0.1, -0.05) is 0 Å². The Hall–Kier alpha value is -3.23. The topological polar surface area (TPSA) is 102 Å². The average molecular weight is 428 g/mol. The molecular weight excluding hydrogens is 400 g/mol. The molecule has 166 valence electrons. The Bertz CT molecular complexity index is 1010. The monoisotopic (exact) mass is 428 g/mol. The molecule has 0 spiro atoms. The Morgan fingerprint density at radius 2 is 1.61 bits per heavy atom. The van der Waals surface area contributed by atoms with Crippen LogP contribution in [-0.2, 0) is 19.1 Å². The maximum absolute atomic E-state index is 12.6. The van der Waals surface area contributed by atoms with Gasteiger partial charge in [-0.3, -0.25) is 9.59 Å². The number of carbonyl (C=O) groups is 3. The van der Waals surface area contributed by atoms with Crippen LogP contribution in [-0.4, -0.2) is 71.6 Å². The summed E-state index contributed by atoms with van der Waals surface area (Å²) < 4.78 is 10.2. The van der Waals surface area contributed by atoms with Crippen LogP contribution in [0.1, 0.15) is 42.4 Å². The number of benzene rings is 1. The van der Waals surface area contributed by atoms with Gasteiger partial charge in [0.15, 0.2) is 17.6 Å². The highest BCUT2D eigenvalue weighted by molar-refractivity contribution is 5.95. The first kappa shape index (κ1) is 22.5. The van der Waals surface area contributed by atoms with Gasteiger partial charge in [0, 0.05) is 33.1 Å². The van der Waals surface area contributed by atoms with Crippen LogP contribution in [0.2, 0.25) is 0 Å². The lowest BCUT2D eigenvalue weighted by atomic mass is 10.1. The summed E-state index contributed by atoms with van der Waals surface area (Å²) in [7, 11) is 0. The first-order valence-corrected chi connectivity index (χ1v) is 10.4. The van der Waals surface area contributed by atoms with E-state index in [4.69, 9.17) is 14.5 Å². The van der Waals surface area contributed by atoms with Crippen LogP contribution in [0, 0.1) is 13.8 Å². The van der Waals surface area contributed by atoms with Crippen LogP contribution in [0.3, 0.4) is 0 Å². The molecule has 1 aliphatic heterocycles. The van der Waals surface area contributed by atoms with Gasteiger partial charge in [0.2, 0.25) is 0 Å². The van der Waals surface area contributed by atoms with Crippen molar-refractivity contribution in [2.24, 2.45) is 0 Å². The number of rotatable bonds is 5. The number of anilines is 1. The minimum absolute atomic E-state index is 0.172. The predicted octanol–water partition coefficient (Wildman–Crippen LogP) is 2.02. The lowest BCUT2D eigenvalue weighted by Gasteiger charge is -2.36. The van der Waals surface area contributed by atoms with Crippen molar-refractivity contribution in [3.8, 4) is 0 Å². The Labute approximate surface area is 181 Å². The highest BCUT2D eigenvalue weighted by Crippen LogP contribution is 2.25. The number of ether oxygens (including phenoxy) is 2. The van der Waals surface area contributed by atoms with E-state index in [2.05, 4.69) is 4.98 Å². The summed E-state index contributed by atoms with van der Waals surface area (Å²) in [6.45, 7) is 10.6. The standard InChI is InChI=1S/C22H28N4O5/c1-6-30-22(29)19-20(24-18-12-14(3)13(2)11-17(18)23-19)25-7-9-26(10-8-25)21(28)15(4)31-16(5)27/h11-12,15H,6-10H2,1-5H3/t15-/m0/s1. The summed E-state index contributed by atoms with van der Waals surface area (Å²) in [5.41, 5.74) is 3.67. The van der Waals surface area contributed by atoms with Gasteiger partial charge in [0.05, 0.1) is 17.6 Å². The van der Waals surface area contributed by atoms with Crippen molar-refractivity contribution in [2.75, 3.05) is 37.7 Å². The third kappa shape index (κ3) is 4.92. The molecule has 2 heterocycles. The number of esters is 2. The number of hydrogen-bond donors (Lipinski definition) is 0. The molecule has 0 N–H and O–H groups in total. The maximum Gasteiger partial charge on any atom is 0.360 e. The summed E-state index contributed by atoms with van der Waals surface area (Å²) in [5, 5.41) is 0. The minimum Gasteiger partial charge on any atom is -0.461 e. The van der Waals surface area contributed by atoms with Crippen LogP contribution < -0.4 is 4.90 Å². The summed E-state index contributed by atoms with van der Waals surface area (Å²) in [6, 6.07) is 3.87. The molecule has 1 saturated heterocycles. The van der Waals surface area contributed by atoms with Crippen molar-refractivity contribution < 1.29 is 23.9 Å². The van der Waals surface area contributed by atoms with E-state index >= 15 is 0 Å². The summed E-state index contributed by atoms with van der Waals surface area (Å²) >= 11 is 0. The Kier molecular flexibility index (Phi) is 6.72. The fourth-order valence-electron chi connectivity index (χ4n) is 3.55. The summed E-state index contributed by atoms with van der Waals surface area (Å²) in [6.07, 6.45) is -0.828. The van der Waals surface area contributed by atoms with E-state index in [9.17, 15) is 14.4 Å². The van der Waals surface area contributed by atoms with E-state index in [-0.39, 0.29) is 18.2 Å². The van der Waals surface area contributed by atoms with E-state index in [0.29, 0.717) is 43.0 Å². The summed E-state index contributed by atoms with van der Waals surface area (Å²) in [4.78, 5) is 49.1. The fraction of sp³-hybridized carbons (Fsp3) is 0.500. The molecule has 9 heteroatoms. The molecule has 0 aliphatic carbocycles. The van der Waals surface area contributed by atoms with Gasteiger partial charge in [0.1, 0.15) is 0 Å². The molecule has 0 unspecified atom stereocenters. The van der Waals surface area contributed by atoms with Crippen molar-refractivity contribution in [2.45, 2.75) is 40.7 Å². The average Bonchev–Trinajstić information content (AvgIpc) is 2.73. The zero-order chi connectivity index (χ0) is 22.7. The second-order valence-electron chi connectivity index (χ2n) is 7.61. The third-order valence-corrected chi connectivity index (χ3v) is 5.31. The third-order valence-electron chi connectivity index (χ3n) is 5.31. The highest BCUT2D eigenvalue weighted by Gasteiger charge is 2.30. The minimum atomic E-state index is -0.828. The number of carbonyl (C=O) groups excluding carboxylic acids is 3. The molecule has 31 heavy (non-hydrogen) atoms. The molecule has 1 amide bonds. The fourth-order valence-corrected chi connectivity index (χ4v) is 3.55. The van der Waals surface area contributed by atoms with Gasteiger partial charge < -0.3 is 19.3 Å².